The number of nitrogens with zero attached hydrogens (tertiary/aromatic N) is 1. The van der Waals surface area contributed by atoms with Crippen LogP contribution in [-0.4, -0.2) is 4.98 Å². The molecule has 16 heavy (non-hydrogen) atoms. The predicted molar refractivity (Wildman–Crippen MR) is 71.4 cm³/mol. The van der Waals surface area contributed by atoms with Crippen molar-refractivity contribution in [2.75, 3.05) is 5.32 Å². The summed E-state index contributed by atoms with van der Waals surface area (Å²) in [5, 5.41) is 4.00. The largest absolute Gasteiger partial charge is 0.353 e. The summed E-state index contributed by atoms with van der Waals surface area (Å²) in [5.74, 6) is 0. The Morgan fingerprint density at radius 2 is 2.12 bits per heavy atom. The van der Waals surface area contributed by atoms with Crippen molar-refractivity contribution in [3.05, 3.63) is 51.7 Å². The van der Waals surface area contributed by atoms with E-state index in [-0.39, 0.29) is 0 Å². The van der Waals surface area contributed by atoms with Gasteiger partial charge in [-0.15, -0.1) is 0 Å². The summed E-state index contributed by atoms with van der Waals surface area (Å²) < 4.78 is 0.911. The number of pyridine rings is 1. The molecule has 4 heteroatoms. The van der Waals surface area contributed by atoms with Crippen LogP contribution in [0.2, 0.25) is 5.02 Å². The molecule has 0 amide bonds. The van der Waals surface area contributed by atoms with Crippen LogP contribution in [0.3, 0.4) is 0 Å². The SMILES string of the molecule is Cc1cccc(Cl)c1Nc1ccncc1Br. The fourth-order valence-corrected chi connectivity index (χ4v) is 2.02. The predicted octanol–water partition coefficient (Wildman–Crippen LogP) is 4.55. The molecule has 2 rings (SSSR count). The van der Waals surface area contributed by atoms with E-state index in [2.05, 4.69) is 26.2 Å². The van der Waals surface area contributed by atoms with Crippen molar-refractivity contribution in [3.8, 4) is 0 Å². The van der Waals surface area contributed by atoms with Gasteiger partial charge in [0.25, 0.3) is 0 Å². The summed E-state index contributed by atoms with van der Waals surface area (Å²) >= 11 is 9.57. The first-order chi connectivity index (χ1) is 7.68. The van der Waals surface area contributed by atoms with Gasteiger partial charge in [0.15, 0.2) is 0 Å². The highest BCUT2D eigenvalue weighted by molar-refractivity contribution is 9.10. The molecule has 0 aliphatic carbocycles. The molecule has 1 heterocycles. The number of rotatable bonds is 2. The highest BCUT2D eigenvalue weighted by atomic mass is 79.9. The van der Waals surface area contributed by atoms with E-state index in [4.69, 9.17) is 11.6 Å². The van der Waals surface area contributed by atoms with Gasteiger partial charge in [0.1, 0.15) is 0 Å². The van der Waals surface area contributed by atoms with Crippen molar-refractivity contribution in [2.45, 2.75) is 6.92 Å². The van der Waals surface area contributed by atoms with Gasteiger partial charge < -0.3 is 5.32 Å². The third-order valence-electron chi connectivity index (χ3n) is 2.25. The molecular weight excluding hydrogens is 288 g/mol. The van der Waals surface area contributed by atoms with E-state index in [1.165, 1.54) is 0 Å². The minimum absolute atomic E-state index is 0.712. The molecule has 1 N–H and O–H groups in total. The molecule has 0 unspecified atom stereocenters. The minimum Gasteiger partial charge on any atom is -0.353 e. The molecule has 82 valence electrons. The number of aryl methyl sites for hydroxylation is 1. The van der Waals surface area contributed by atoms with Crippen LogP contribution in [0.4, 0.5) is 11.4 Å². The first-order valence-electron chi connectivity index (χ1n) is 4.80. The summed E-state index contributed by atoms with van der Waals surface area (Å²) in [4.78, 5) is 4.01. The van der Waals surface area contributed by atoms with E-state index in [1.54, 1.807) is 12.4 Å². The molecule has 0 bridgehead atoms. The van der Waals surface area contributed by atoms with Crippen LogP contribution >= 0.6 is 27.5 Å². The number of para-hydroxylation sites is 1. The Morgan fingerprint density at radius 3 is 2.81 bits per heavy atom. The number of hydrogen-bond donors (Lipinski definition) is 1. The molecule has 1 aromatic heterocycles. The van der Waals surface area contributed by atoms with Crippen LogP contribution < -0.4 is 5.32 Å². The van der Waals surface area contributed by atoms with Gasteiger partial charge in [0.05, 0.1) is 20.9 Å². The van der Waals surface area contributed by atoms with Gasteiger partial charge in [0, 0.05) is 12.4 Å². The van der Waals surface area contributed by atoms with E-state index in [9.17, 15) is 0 Å². The van der Waals surface area contributed by atoms with Crippen LogP contribution in [-0.2, 0) is 0 Å². The second-order valence-corrected chi connectivity index (χ2v) is 4.67. The minimum atomic E-state index is 0.712. The third-order valence-corrected chi connectivity index (χ3v) is 3.20. The number of halogens is 2. The molecule has 1 aromatic carbocycles. The van der Waals surface area contributed by atoms with Gasteiger partial charge in [-0.05, 0) is 40.5 Å². The summed E-state index contributed by atoms with van der Waals surface area (Å²) in [7, 11) is 0. The van der Waals surface area contributed by atoms with Crippen LogP contribution in [0.15, 0.2) is 41.1 Å². The second-order valence-electron chi connectivity index (χ2n) is 3.41. The molecule has 0 radical (unpaired) electrons. The average molecular weight is 298 g/mol. The maximum atomic E-state index is 6.14. The molecule has 0 aliphatic heterocycles. The van der Waals surface area contributed by atoms with Crippen molar-refractivity contribution >= 4 is 38.9 Å². The van der Waals surface area contributed by atoms with Crippen LogP contribution in [0.1, 0.15) is 5.56 Å². The standard InChI is InChI=1S/C12H10BrClN2/c1-8-3-2-4-10(14)12(8)16-11-5-6-15-7-9(11)13/h2-7H,1H3,(H,15,16). The lowest BCUT2D eigenvalue weighted by Gasteiger charge is -2.12. The summed E-state index contributed by atoms with van der Waals surface area (Å²) in [6.07, 6.45) is 3.48. The lowest BCUT2D eigenvalue weighted by atomic mass is 10.2. The maximum Gasteiger partial charge on any atom is 0.0643 e. The normalized spacial score (nSPS) is 10.2. The second kappa shape index (κ2) is 4.85. The molecule has 0 saturated heterocycles. The van der Waals surface area contributed by atoms with Crippen LogP contribution in [0.25, 0.3) is 0 Å². The first kappa shape index (κ1) is 11.4. The van der Waals surface area contributed by atoms with Crippen molar-refractivity contribution in [1.29, 1.82) is 0 Å². The number of aromatic nitrogens is 1. The maximum absolute atomic E-state index is 6.14. The van der Waals surface area contributed by atoms with Crippen molar-refractivity contribution in [2.24, 2.45) is 0 Å². The summed E-state index contributed by atoms with van der Waals surface area (Å²) in [6.45, 7) is 2.02. The fourth-order valence-electron chi connectivity index (χ4n) is 1.40. The van der Waals surface area contributed by atoms with Crippen LogP contribution in [0.5, 0.6) is 0 Å². The zero-order chi connectivity index (χ0) is 11.5. The summed E-state index contributed by atoms with van der Waals surface area (Å²) in [6, 6.07) is 7.71. The van der Waals surface area contributed by atoms with Crippen molar-refractivity contribution in [3.63, 3.8) is 0 Å². The van der Waals surface area contributed by atoms with E-state index in [0.29, 0.717) is 5.02 Å². The Kier molecular flexibility index (Phi) is 3.46. The molecule has 2 nitrogen and oxygen atoms in total. The molecule has 2 aromatic rings. The van der Waals surface area contributed by atoms with Gasteiger partial charge in [-0.25, -0.2) is 0 Å². The Hall–Kier alpha value is -1.06. The first-order valence-corrected chi connectivity index (χ1v) is 5.97. The zero-order valence-electron chi connectivity index (χ0n) is 8.67. The third kappa shape index (κ3) is 2.36. The average Bonchev–Trinajstić information content (AvgIpc) is 2.26. The number of benzene rings is 1. The van der Waals surface area contributed by atoms with Gasteiger partial charge in [-0.2, -0.15) is 0 Å². The van der Waals surface area contributed by atoms with Gasteiger partial charge >= 0.3 is 0 Å². The fraction of sp³-hybridized carbons (Fsp3) is 0.0833. The smallest absolute Gasteiger partial charge is 0.0643 e. The molecular formula is C12H10BrClN2. The number of anilines is 2. The Balaban J connectivity index is 2.38. The van der Waals surface area contributed by atoms with Crippen LogP contribution in [0, 0.1) is 6.92 Å². The Labute approximate surface area is 108 Å². The molecule has 0 saturated carbocycles. The zero-order valence-corrected chi connectivity index (χ0v) is 11.0. The topological polar surface area (TPSA) is 24.9 Å². The monoisotopic (exact) mass is 296 g/mol. The lowest BCUT2D eigenvalue weighted by molar-refractivity contribution is 1.30. The van der Waals surface area contributed by atoms with E-state index in [0.717, 1.165) is 21.4 Å². The molecule has 0 aliphatic rings. The van der Waals surface area contributed by atoms with Gasteiger partial charge in [0.2, 0.25) is 0 Å². The molecule has 0 atom stereocenters. The number of nitrogens with one attached hydrogen (secondary N) is 1. The van der Waals surface area contributed by atoms with Gasteiger partial charge in [-0.3, -0.25) is 4.98 Å². The van der Waals surface area contributed by atoms with E-state index in [1.807, 2.05) is 31.2 Å². The number of hydrogen-bond acceptors (Lipinski definition) is 2. The highest BCUT2D eigenvalue weighted by Crippen LogP contribution is 2.31. The van der Waals surface area contributed by atoms with Gasteiger partial charge in [-0.1, -0.05) is 23.7 Å². The highest BCUT2D eigenvalue weighted by Gasteiger charge is 2.05. The lowest BCUT2D eigenvalue weighted by Crippen LogP contribution is -1.95. The molecule has 0 fully saturated rings. The quantitative estimate of drug-likeness (QED) is 0.879. The summed E-state index contributed by atoms with van der Waals surface area (Å²) in [5.41, 5.74) is 2.98. The Morgan fingerprint density at radius 1 is 1.31 bits per heavy atom. The van der Waals surface area contributed by atoms with Crippen molar-refractivity contribution in [1.82, 2.24) is 4.98 Å². The Bertz CT molecular complexity index is 494. The molecule has 0 spiro atoms. The van der Waals surface area contributed by atoms with Crippen molar-refractivity contribution < 1.29 is 0 Å². The van der Waals surface area contributed by atoms with E-state index >= 15 is 0 Å². The van der Waals surface area contributed by atoms with E-state index < -0.39 is 0 Å².